The summed E-state index contributed by atoms with van der Waals surface area (Å²) in [6.07, 6.45) is -1.13. The van der Waals surface area contributed by atoms with Gasteiger partial charge in [0.1, 0.15) is 0 Å². The van der Waals surface area contributed by atoms with Crippen LogP contribution in [0.4, 0.5) is 22.0 Å². The van der Waals surface area contributed by atoms with Crippen LogP contribution in [0.5, 0.6) is 0 Å². The highest BCUT2D eigenvalue weighted by Gasteiger charge is 2.72. The Kier molecular flexibility index (Phi) is 4.30. The first kappa shape index (κ1) is 20.2. The smallest absolute Gasteiger partial charge is 0.350 e. The highest BCUT2D eigenvalue weighted by atomic mass is 19.4. The number of nitrogens with zero attached hydrogens (tertiary/aromatic N) is 3. The number of halogens is 5. The van der Waals surface area contributed by atoms with Crippen LogP contribution in [0.25, 0.3) is 0 Å². The summed E-state index contributed by atoms with van der Waals surface area (Å²) in [5.41, 5.74) is -7.36. The van der Waals surface area contributed by atoms with Crippen LogP contribution in [0.3, 0.4) is 0 Å². The van der Waals surface area contributed by atoms with Gasteiger partial charge in [0.05, 0.1) is 30.8 Å². The number of hydrogen-bond acceptors (Lipinski definition) is 2. The number of amides is 2. The van der Waals surface area contributed by atoms with Gasteiger partial charge >= 0.3 is 6.18 Å². The Bertz CT molecular complexity index is 863. The van der Waals surface area contributed by atoms with E-state index in [-0.39, 0.29) is 18.5 Å². The van der Waals surface area contributed by atoms with Crippen molar-refractivity contribution in [3.63, 3.8) is 0 Å². The monoisotopic (exact) mass is 419 g/mol. The Morgan fingerprint density at radius 2 is 1.83 bits per heavy atom. The number of fused-ring (bicyclic) bond motifs is 1. The zero-order valence-corrected chi connectivity index (χ0v) is 16.1. The lowest BCUT2D eigenvalue weighted by molar-refractivity contribution is -0.139. The third-order valence-corrected chi connectivity index (χ3v) is 6.07. The SMILES string of the molecule is CC(C)n1cc(C(=O)N2C[C@]3(F)CN(CC4CC4)C(=O)[C@]3(F)C2)c(C(F)(F)F)c1. The number of hydrogen-bond donors (Lipinski definition) is 0. The lowest BCUT2D eigenvalue weighted by Crippen LogP contribution is -2.47. The molecule has 160 valence electrons. The van der Waals surface area contributed by atoms with E-state index in [1.165, 1.54) is 4.57 Å². The van der Waals surface area contributed by atoms with Crippen molar-refractivity contribution in [2.75, 3.05) is 26.2 Å². The number of alkyl halides is 5. The van der Waals surface area contributed by atoms with E-state index >= 15 is 8.78 Å². The Balaban J connectivity index is 1.60. The molecule has 29 heavy (non-hydrogen) atoms. The van der Waals surface area contributed by atoms with Crippen LogP contribution in [0, 0.1) is 5.92 Å². The standard InChI is InChI=1S/C19H22F5N3O2/c1-11(2)25-6-13(14(7-25)19(22,23)24)15(28)27-9-17(20)8-26(5-12-3-4-12)16(29)18(17,21)10-27/h6-7,11-12H,3-5,8-10H2,1-2H3/t17-,18-/m1/s1. The summed E-state index contributed by atoms with van der Waals surface area (Å²) in [6, 6.07) is -0.340. The van der Waals surface area contributed by atoms with Crippen LogP contribution < -0.4 is 0 Å². The Morgan fingerprint density at radius 3 is 2.34 bits per heavy atom. The second kappa shape index (κ2) is 6.18. The van der Waals surface area contributed by atoms with E-state index in [9.17, 15) is 22.8 Å². The van der Waals surface area contributed by atoms with Crippen molar-refractivity contribution in [2.45, 2.75) is 50.2 Å². The van der Waals surface area contributed by atoms with Crippen LogP contribution >= 0.6 is 0 Å². The number of carbonyl (C=O) groups excluding carboxylic acids is 2. The molecule has 0 bridgehead atoms. The number of aromatic nitrogens is 1. The quantitative estimate of drug-likeness (QED) is 0.704. The lowest BCUT2D eigenvalue weighted by Gasteiger charge is -2.23. The molecule has 2 aliphatic heterocycles. The molecule has 5 nitrogen and oxygen atoms in total. The van der Waals surface area contributed by atoms with Gasteiger partial charge in [-0.05, 0) is 32.6 Å². The van der Waals surface area contributed by atoms with E-state index in [0.29, 0.717) is 4.90 Å². The molecule has 2 saturated heterocycles. The molecule has 1 aromatic rings. The predicted octanol–water partition coefficient (Wildman–Crippen LogP) is 3.21. The first-order chi connectivity index (χ1) is 13.4. The average Bonchev–Trinajstić information content (AvgIpc) is 3.17. The molecule has 0 N–H and O–H groups in total. The van der Waals surface area contributed by atoms with Gasteiger partial charge in [-0.15, -0.1) is 0 Å². The fourth-order valence-corrected chi connectivity index (χ4v) is 4.19. The molecule has 1 aliphatic carbocycles. The minimum absolute atomic E-state index is 0.243. The molecule has 2 atom stereocenters. The average molecular weight is 419 g/mol. The van der Waals surface area contributed by atoms with Crippen LogP contribution in [0.15, 0.2) is 12.4 Å². The lowest BCUT2D eigenvalue weighted by atomic mass is 9.93. The fourth-order valence-electron chi connectivity index (χ4n) is 4.19. The zero-order valence-electron chi connectivity index (χ0n) is 16.1. The summed E-state index contributed by atoms with van der Waals surface area (Å²) in [4.78, 5) is 27.1. The minimum atomic E-state index is -4.79. The highest BCUT2D eigenvalue weighted by molar-refractivity contribution is 5.98. The zero-order chi connectivity index (χ0) is 21.4. The van der Waals surface area contributed by atoms with Crippen molar-refractivity contribution in [3.05, 3.63) is 23.5 Å². The molecule has 3 aliphatic rings. The van der Waals surface area contributed by atoms with Crippen LogP contribution in [0.1, 0.15) is 48.7 Å². The van der Waals surface area contributed by atoms with Gasteiger partial charge < -0.3 is 14.4 Å². The Morgan fingerprint density at radius 1 is 1.17 bits per heavy atom. The number of likely N-dealkylation sites (tertiary alicyclic amines) is 2. The molecule has 1 saturated carbocycles. The molecule has 4 rings (SSSR count). The van der Waals surface area contributed by atoms with Gasteiger partial charge in [0.15, 0.2) is 5.67 Å². The number of carbonyl (C=O) groups is 2. The predicted molar refractivity (Wildman–Crippen MR) is 92.7 cm³/mol. The molecule has 10 heteroatoms. The van der Waals surface area contributed by atoms with Gasteiger partial charge in [-0.25, -0.2) is 8.78 Å². The summed E-state index contributed by atoms with van der Waals surface area (Å²) in [5, 5.41) is 0. The largest absolute Gasteiger partial charge is 0.418 e. The minimum Gasteiger partial charge on any atom is -0.350 e. The molecule has 0 aromatic carbocycles. The molecular weight excluding hydrogens is 397 g/mol. The van der Waals surface area contributed by atoms with Crippen molar-refractivity contribution < 1.29 is 31.5 Å². The van der Waals surface area contributed by atoms with Gasteiger partial charge in [0.2, 0.25) is 5.67 Å². The van der Waals surface area contributed by atoms with Crippen LogP contribution in [-0.2, 0) is 11.0 Å². The van der Waals surface area contributed by atoms with Crippen molar-refractivity contribution in [3.8, 4) is 0 Å². The topological polar surface area (TPSA) is 45.6 Å². The van der Waals surface area contributed by atoms with Gasteiger partial charge in [0, 0.05) is 25.0 Å². The normalized spacial score (nSPS) is 29.9. The van der Waals surface area contributed by atoms with Gasteiger partial charge in [-0.3, -0.25) is 9.59 Å². The third kappa shape index (κ3) is 3.11. The first-order valence-electron chi connectivity index (χ1n) is 9.61. The molecule has 0 radical (unpaired) electrons. The molecule has 3 heterocycles. The van der Waals surface area contributed by atoms with E-state index in [1.807, 2.05) is 0 Å². The second-order valence-electron chi connectivity index (χ2n) is 8.68. The molecule has 3 fully saturated rings. The van der Waals surface area contributed by atoms with Gasteiger partial charge in [-0.2, -0.15) is 13.2 Å². The fraction of sp³-hybridized carbons (Fsp3) is 0.684. The van der Waals surface area contributed by atoms with E-state index in [1.54, 1.807) is 13.8 Å². The van der Waals surface area contributed by atoms with Crippen molar-refractivity contribution in [1.29, 1.82) is 0 Å². The summed E-state index contributed by atoms with van der Waals surface area (Å²) >= 11 is 0. The van der Waals surface area contributed by atoms with E-state index in [4.69, 9.17) is 0 Å². The van der Waals surface area contributed by atoms with Gasteiger partial charge in [0.25, 0.3) is 11.8 Å². The number of rotatable bonds is 4. The summed E-state index contributed by atoms with van der Waals surface area (Å²) in [7, 11) is 0. The highest BCUT2D eigenvalue weighted by Crippen LogP contribution is 2.47. The molecule has 0 unspecified atom stereocenters. The molecular formula is C19H22F5N3O2. The summed E-state index contributed by atoms with van der Waals surface area (Å²) in [5.74, 6) is -1.90. The van der Waals surface area contributed by atoms with Crippen molar-refractivity contribution in [2.24, 2.45) is 5.92 Å². The van der Waals surface area contributed by atoms with Crippen LogP contribution in [-0.4, -0.2) is 63.7 Å². The van der Waals surface area contributed by atoms with Crippen LogP contribution in [0.2, 0.25) is 0 Å². The maximum Gasteiger partial charge on any atom is 0.418 e. The second-order valence-corrected chi connectivity index (χ2v) is 8.68. The summed E-state index contributed by atoms with van der Waals surface area (Å²) < 4.78 is 72.2. The molecule has 0 spiro atoms. The van der Waals surface area contributed by atoms with E-state index in [0.717, 1.165) is 30.1 Å². The first-order valence-corrected chi connectivity index (χ1v) is 9.61. The molecule has 1 aromatic heterocycles. The van der Waals surface area contributed by atoms with Crippen molar-refractivity contribution in [1.82, 2.24) is 14.4 Å². The summed E-state index contributed by atoms with van der Waals surface area (Å²) in [6.45, 7) is 1.46. The molecule has 2 amide bonds. The van der Waals surface area contributed by atoms with Crippen molar-refractivity contribution >= 4 is 11.8 Å². The van der Waals surface area contributed by atoms with E-state index in [2.05, 4.69) is 0 Å². The maximum atomic E-state index is 15.4. The Labute approximate surface area is 164 Å². The Hall–Kier alpha value is -2.13. The van der Waals surface area contributed by atoms with Gasteiger partial charge in [-0.1, -0.05) is 0 Å². The third-order valence-electron chi connectivity index (χ3n) is 6.07. The maximum absolute atomic E-state index is 15.4. The van der Waals surface area contributed by atoms with E-state index < -0.39 is 60.1 Å².